The molecule has 1 aliphatic carbocycles. The molecule has 1 aromatic carbocycles. The highest BCUT2D eigenvalue weighted by molar-refractivity contribution is 14.0. The minimum atomic E-state index is -0.203. The first-order valence-electron chi connectivity index (χ1n) is 9.35. The average Bonchev–Trinajstić information content (AvgIpc) is 3.01. The molecular weight excluding hydrogens is 458 g/mol. The molecule has 1 fully saturated rings. The van der Waals surface area contributed by atoms with E-state index in [9.17, 15) is 4.39 Å². The van der Waals surface area contributed by atoms with E-state index in [1.807, 2.05) is 6.20 Å². The van der Waals surface area contributed by atoms with Gasteiger partial charge in [-0.15, -0.1) is 24.0 Å². The van der Waals surface area contributed by atoms with E-state index in [0.717, 1.165) is 55.0 Å². The number of aliphatic imine (C=N–C) groups is 1. The van der Waals surface area contributed by atoms with Crippen LogP contribution in [0.25, 0.3) is 10.9 Å². The first-order valence-corrected chi connectivity index (χ1v) is 9.35. The molecular formula is C20H30FIN4O. The number of guanidine groups is 1. The van der Waals surface area contributed by atoms with Gasteiger partial charge in [-0.1, -0.05) is 6.42 Å². The molecule has 0 spiro atoms. The molecule has 0 unspecified atom stereocenters. The number of fused-ring (bicyclic) bond motifs is 1. The van der Waals surface area contributed by atoms with Crippen molar-refractivity contribution in [2.75, 3.05) is 33.9 Å². The van der Waals surface area contributed by atoms with E-state index in [2.05, 4.69) is 20.6 Å². The second-order valence-electron chi connectivity index (χ2n) is 7.20. The Morgan fingerprint density at radius 2 is 2.15 bits per heavy atom. The fourth-order valence-corrected chi connectivity index (χ4v) is 3.68. The molecule has 150 valence electrons. The standard InChI is InChI=1S/C20H29FN4O.HI/c1-22-19(25-14-20(7-3-8-20)9-11-26-2)23-10-6-15-13-24-18-5-4-16(21)12-17(15)18;/h4-5,12-13,24H,3,6-11,14H2,1-2H3,(H2,22,23,25);1H. The minimum absolute atomic E-state index is 0. The first kappa shape index (κ1) is 21.9. The zero-order valence-corrected chi connectivity index (χ0v) is 18.4. The van der Waals surface area contributed by atoms with Crippen molar-refractivity contribution in [3.05, 3.63) is 35.8 Å². The van der Waals surface area contributed by atoms with E-state index < -0.39 is 0 Å². The maximum absolute atomic E-state index is 13.5. The van der Waals surface area contributed by atoms with Crippen LogP contribution in [0, 0.1) is 11.2 Å². The van der Waals surface area contributed by atoms with Crippen LogP contribution in [0.3, 0.4) is 0 Å². The Hall–Kier alpha value is -1.35. The topological polar surface area (TPSA) is 61.4 Å². The molecule has 0 aliphatic heterocycles. The Labute approximate surface area is 177 Å². The zero-order valence-electron chi connectivity index (χ0n) is 16.1. The van der Waals surface area contributed by atoms with Gasteiger partial charge in [-0.25, -0.2) is 4.39 Å². The lowest BCUT2D eigenvalue weighted by molar-refractivity contribution is 0.0732. The number of hydrogen-bond donors (Lipinski definition) is 3. The van der Waals surface area contributed by atoms with Crippen LogP contribution < -0.4 is 10.6 Å². The number of hydrogen-bond acceptors (Lipinski definition) is 2. The largest absolute Gasteiger partial charge is 0.385 e. The van der Waals surface area contributed by atoms with Crippen molar-refractivity contribution in [1.29, 1.82) is 0 Å². The molecule has 0 saturated heterocycles. The summed E-state index contributed by atoms with van der Waals surface area (Å²) < 4.78 is 18.7. The number of halogens is 2. The SMILES string of the molecule is CN=C(NCCc1c[nH]c2ccc(F)cc12)NCC1(CCOC)CCC1.I. The van der Waals surface area contributed by atoms with Gasteiger partial charge in [0.25, 0.3) is 0 Å². The van der Waals surface area contributed by atoms with Crippen LogP contribution in [-0.2, 0) is 11.2 Å². The monoisotopic (exact) mass is 488 g/mol. The van der Waals surface area contributed by atoms with Gasteiger partial charge in [0.2, 0.25) is 0 Å². The molecule has 27 heavy (non-hydrogen) atoms. The molecule has 1 aliphatic rings. The van der Waals surface area contributed by atoms with Crippen LogP contribution in [0.2, 0.25) is 0 Å². The van der Waals surface area contributed by atoms with E-state index in [0.29, 0.717) is 5.41 Å². The number of methoxy groups -OCH3 is 1. The normalized spacial score (nSPS) is 15.9. The summed E-state index contributed by atoms with van der Waals surface area (Å²) >= 11 is 0. The van der Waals surface area contributed by atoms with Gasteiger partial charge in [-0.2, -0.15) is 0 Å². The lowest BCUT2D eigenvalue weighted by atomic mass is 9.67. The number of nitrogens with zero attached hydrogens (tertiary/aromatic N) is 1. The van der Waals surface area contributed by atoms with Crippen molar-refractivity contribution in [1.82, 2.24) is 15.6 Å². The predicted octanol–water partition coefficient (Wildman–Crippen LogP) is 3.84. The highest BCUT2D eigenvalue weighted by Gasteiger charge is 2.36. The van der Waals surface area contributed by atoms with Crippen LogP contribution in [0.15, 0.2) is 29.4 Å². The van der Waals surface area contributed by atoms with E-state index >= 15 is 0 Å². The third-order valence-electron chi connectivity index (χ3n) is 5.52. The number of H-pyrrole nitrogens is 1. The summed E-state index contributed by atoms with van der Waals surface area (Å²) in [6, 6.07) is 4.84. The Kier molecular flexibility index (Phi) is 8.34. The minimum Gasteiger partial charge on any atom is -0.385 e. The number of aromatic nitrogens is 1. The van der Waals surface area contributed by atoms with Crippen LogP contribution in [0.5, 0.6) is 0 Å². The van der Waals surface area contributed by atoms with Crippen molar-refractivity contribution in [3.8, 4) is 0 Å². The molecule has 1 heterocycles. The lowest BCUT2D eigenvalue weighted by Gasteiger charge is -2.42. The van der Waals surface area contributed by atoms with Crippen molar-refractivity contribution in [2.24, 2.45) is 10.4 Å². The zero-order chi connectivity index (χ0) is 18.4. The molecule has 0 radical (unpaired) electrons. The maximum Gasteiger partial charge on any atom is 0.191 e. The van der Waals surface area contributed by atoms with E-state index in [1.165, 1.54) is 25.3 Å². The maximum atomic E-state index is 13.5. The van der Waals surface area contributed by atoms with Gasteiger partial charge in [0.1, 0.15) is 5.82 Å². The molecule has 5 nitrogen and oxygen atoms in total. The van der Waals surface area contributed by atoms with Crippen molar-refractivity contribution < 1.29 is 9.13 Å². The van der Waals surface area contributed by atoms with Gasteiger partial charge in [0, 0.05) is 51.0 Å². The number of aromatic amines is 1. The van der Waals surface area contributed by atoms with Gasteiger partial charge < -0.3 is 20.4 Å². The molecule has 0 bridgehead atoms. The summed E-state index contributed by atoms with van der Waals surface area (Å²) in [6.45, 7) is 2.48. The van der Waals surface area contributed by atoms with Crippen LogP contribution >= 0.6 is 24.0 Å². The van der Waals surface area contributed by atoms with Gasteiger partial charge in [-0.05, 0) is 54.9 Å². The molecule has 7 heteroatoms. The van der Waals surface area contributed by atoms with Gasteiger partial charge in [-0.3, -0.25) is 4.99 Å². The van der Waals surface area contributed by atoms with E-state index in [1.54, 1.807) is 26.3 Å². The average molecular weight is 488 g/mol. The fraction of sp³-hybridized carbons (Fsp3) is 0.550. The van der Waals surface area contributed by atoms with Crippen LogP contribution in [0.4, 0.5) is 4.39 Å². The van der Waals surface area contributed by atoms with Crippen molar-refractivity contribution in [3.63, 3.8) is 0 Å². The summed E-state index contributed by atoms with van der Waals surface area (Å²) in [5.41, 5.74) is 2.43. The Bertz CT molecular complexity index is 758. The summed E-state index contributed by atoms with van der Waals surface area (Å²) in [5, 5.41) is 7.77. The van der Waals surface area contributed by atoms with E-state index in [-0.39, 0.29) is 29.8 Å². The second kappa shape index (κ2) is 10.3. The van der Waals surface area contributed by atoms with Crippen LogP contribution in [-0.4, -0.2) is 44.8 Å². The predicted molar refractivity (Wildman–Crippen MR) is 120 cm³/mol. The van der Waals surface area contributed by atoms with Crippen molar-refractivity contribution >= 4 is 40.8 Å². The summed E-state index contributed by atoms with van der Waals surface area (Å²) in [6.07, 6.45) is 7.65. The highest BCUT2D eigenvalue weighted by atomic mass is 127. The Morgan fingerprint density at radius 1 is 1.33 bits per heavy atom. The first-order chi connectivity index (χ1) is 12.7. The smallest absolute Gasteiger partial charge is 0.191 e. The van der Waals surface area contributed by atoms with Gasteiger partial charge in [0.05, 0.1) is 0 Å². The summed E-state index contributed by atoms with van der Waals surface area (Å²) in [5.74, 6) is 0.616. The number of rotatable bonds is 8. The highest BCUT2D eigenvalue weighted by Crippen LogP contribution is 2.43. The lowest BCUT2D eigenvalue weighted by Crippen LogP contribution is -2.47. The second-order valence-corrected chi connectivity index (χ2v) is 7.20. The Balaban J connectivity index is 0.00000261. The molecule has 1 saturated carbocycles. The molecule has 3 N–H and O–H groups in total. The van der Waals surface area contributed by atoms with E-state index in [4.69, 9.17) is 4.74 Å². The molecule has 1 aromatic heterocycles. The molecule has 2 aromatic rings. The van der Waals surface area contributed by atoms with Crippen LogP contribution in [0.1, 0.15) is 31.2 Å². The summed E-state index contributed by atoms with van der Waals surface area (Å²) in [7, 11) is 3.55. The quantitative estimate of drug-likeness (QED) is 0.301. The molecule has 0 atom stereocenters. The molecule has 3 rings (SSSR count). The summed E-state index contributed by atoms with van der Waals surface area (Å²) in [4.78, 5) is 7.52. The number of benzene rings is 1. The molecule has 0 amide bonds. The number of ether oxygens (including phenoxy) is 1. The Morgan fingerprint density at radius 3 is 2.81 bits per heavy atom. The number of nitrogens with one attached hydrogen (secondary N) is 3. The fourth-order valence-electron chi connectivity index (χ4n) is 3.68. The van der Waals surface area contributed by atoms with Gasteiger partial charge >= 0.3 is 0 Å². The third-order valence-corrected chi connectivity index (χ3v) is 5.52. The third kappa shape index (κ3) is 5.57. The van der Waals surface area contributed by atoms with Gasteiger partial charge in [0.15, 0.2) is 5.96 Å². The van der Waals surface area contributed by atoms with Crippen molar-refractivity contribution in [2.45, 2.75) is 32.1 Å².